The summed E-state index contributed by atoms with van der Waals surface area (Å²) in [6.07, 6.45) is 1.65. The Bertz CT molecular complexity index is 377. The lowest BCUT2D eigenvalue weighted by Gasteiger charge is -2.28. The van der Waals surface area contributed by atoms with Gasteiger partial charge >= 0.3 is 0 Å². The van der Waals surface area contributed by atoms with Crippen molar-refractivity contribution in [2.45, 2.75) is 52.6 Å². The molecule has 1 aromatic carbocycles. The Labute approximate surface area is 110 Å². The van der Waals surface area contributed by atoms with Crippen LogP contribution in [0.2, 0.25) is 0 Å². The van der Waals surface area contributed by atoms with E-state index in [1.807, 2.05) is 26.0 Å². The van der Waals surface area contributed by atoms with E-state index in [9.17, 15) is 4.39 Å². The first-order valence-corrected chi connectivity index (χ1v) is 6.80. The second-order valence-corrected chi connectivity index (χ2v) is 5.04. The minimum Gasteiger partial charge on any atom is -0.367 e. The van der Waals surface area contributed by atoms with Gasteiger partial charge < -0.3 is 10.6 Å². The van der Waals surface area contributed by atoms with Crippen LogP contribution in [0.3, 0.4) is 0 Å². The summed E-state index contributed by atoms with van der Waals surface area (Å²) in [7, 11) is 0. The first-order chi connectivity index (χ1) is 8.49. The number of nitrogens with two attached hydrogens (primary N) is 1. The standard InChI is InChI=1S/C15H25FN2/c1-5-13(17)9-12-7-8-15(14(16)10-12)18(6-2)11(3)4/h7-8,10-11,13H,5-6,9,17H2,1-4H3. The summed E-state index contributed by atoms with van der Waals surface area (Å²) in [6, 6.07) is 5.89. The van der Waals surface area contributed by atoms with Gasteiger partial charge in [0.1, 0.15) is 5.82 Å². The molecule has 1 unspecified atom stereocenters. The second-order valence-electron chi connectivity index (χ2n) is 5.04. The molecule has 0 aliphatic rings. The first kappa shape index (κ1) is 15.0. The van der Waals surface area contributed by atoms with Crippen LogP contribution in [0.25, 0.3) is 0 Å². The highest BCUT2D eigenvalue weighted by molar-refractivity contribution is 5.49. The molecular weight excluding hydrogens is 227 g/mol. The Kier molecular flexibility index (Phi) is 5.60. The fraction of sp³-hybridized carbons (Fsp3) is 0.600. The molecule has 1 atom stereocenters. The SMILES string of the molecule is CCC(N)Cc1ccc(N(CC)C(C)C)c(F)c1. The van der Waals surface area contributed by atoms with Crippen LogP contribution in [0, 0.1) is 5.82 Å². The summed E-state index contributed by atoms with van der Waals surface area (Å²) < 4.78 is 14.1. The Morgan fingerprint density at radius 1 is 1.28 bits per heavy atom. The molecule has 0 heterocycles. The normalized spacial score (nSPS) is 12.8. The van der Waals surface area contributed by atoms with Crippen molar-refractivity contribution in [1.29, 1.82) is 0 Å². The zero-order valence-corrected chi connectivity index (χ0v) is 11.9. The molecule has 0 bridgehead atoms. The average Bonchev–Trinajstić information content (AvgIpc) is 2.32. The Balaban J connectivity index is 2.91. The number of halogens is 1. The quantitative estimate of drug-likeness (QED) is 0.841. The first-order valence-electron chi connectivity index (χ1n) is 6.80. The summed E-state index contributed by atoms with van der Waals surface area (Å²) in [5, 5.41) is 0. The van der Waals surface area contributed by atoms with Gasteiger partial charge in [-0.2, -0.15) is 0 Å². The highest BCUT2D eigenvalue weighted by Gasteiger charge is 2.13. The molecule has 0 saturated carbocycles. The van der Waals surface area contributed by atoms with Crippen LogP contribution in [-0.2, 0) is 6.42 Å². The van der Waals surface area contributed by atoms with Crippen molar-refractivity contribution >= 4 is 5.69 Å². The number of anilines is 1. The van der Waals surface area contributed by atoms with E-state index in [0.29, 0.717) is 11.7 Å². The fourth-order valence-corrected chi connectivity index (χ4v) is 2.17. The minimum atomic E-state index is -0.147. The Morgan fingerprint density at radius 2 is 1.94 bits per heavy atom. The molecule has 0 fully saturated rings. The smallest absolute Gasteiger partial charge is 0.146 e. The molecule has 102 valence electrons. The summed E-state index contributed by atoms with van der Waals surface area (Å²) in [6.45, 7) is 9.05. The molecule has 0 amide bonds. The summed E-state index contributed by atoms with van der Waals surface area (Å²) >= 11 is 0. The number of hydrogen-bond acceptors (Lipinski definition) is 2. The molecule has 18 heavy (non-hydrogen) atoms. The van der Waals surface area contributed by atoms with Gasteiger partial charge in [0.25, 0.3) is 0 Å². The highest BCUT2D eigenvalue weighted by atomic mass is 19.1. The van der Waals surface area contributed by atoms with Crippen molar-refractivity contribution < 1.29 is 4.39 Å². The van der Waals surface area contributed by atoms with Crippen molar-refractivity contribution in [3.63, 3.8) is 0 Å². The topological polar surface area (TPSA) is 29.3 Å². The number of hydrogen-bond donors (Lipinski definition) is 1. The van der Waals surface area contributed by atoms with Crippen LogP contribution in [0.1, 0.15) is 39.7 Å². The molecule has 0 aliphatic heterocycles. The largest absolute Gasteiger partial charge is 0.367 e. The van der Waals surface area contributed by atoms with Crippen LogP contribution in [-0.4, -0.2) is 18.6 Å². The molecule has 0 aliphatic carbocycles. The average molecular weight is 252 g/mol. The van der Waals surface area contributed by atoms with Gasteiger partial charge in [0.15, 0.2) is 0 Å². The van der Waals surface area contributed by atoms with Crippen molar-refractivity contribution in [2.75, 3.05) is 11.4 Å². The molecule has 2 N–H and O–H groups in total. The van der Waals surface area contributed by atoms with Crippen LogP contribution in [0.15, 0.2) is 18.2 Å². The summed E-state index contributed by atoms with van der Waals surface area (Å²) in [5.41, 5.74) is 7.55. The molecule has 1 aromatic rings. The van der Waals surface area contributed by atoms with E-state index in [0.717, 1.165) is 24.9 Å². The molecule has 2 nitrogen and oxygen atoms in total. The zero-order chi connectivity index (χ0) is 13.7. The second kappa shape index (κ2) is 6.74. The maximum atomic E-state index is 14.1. The Hall–Kier alpha value is -1.09. The Morgan fingerprint density at radius 3 is 2.39 bits per heavy atom. The maximum Gasteiger partial charge on any atom is 0.146 e. The number of benzene rings is 1. The van der Waals surface area contributed by atoms with E-state index in [-0.39, 0.29) is 11.9 Å². The zero-order valence-electron chi connectivity index (χ0n) is 11.9. The lowest BCUT2D eigenvalue weighted by Crippen LogP contribution is -2.31. The van der Waals surface area contributed by atoms with Crippen LogP contribution in [0.4, 0.5) is 10.1 Å². The van der Waals surface area contributed by atoms with Gasteiger partial charge in [-0.3, -0.25) is 0 Å². The maximum absolute atomic E-state index is 14.1. The summed E-state index contributed by atoms with van der Waals surface area (Å²) in [5.74, 6) is -0.147. The van der Waals surface area contributed by atoms with Crippen molar-refractivity contribution in [1.82, 2.24) is 0 Å². The van der Waals surface area contributed by atoms with Crippen molar-refractivity contribution in [2.24, 2.45) is 5.73 Å². The van der Waals surface area contributed by atoms with Gasteiger partial charge in [0.05, 0.1) is 5.69 Å². The fourth-order valence-electron chi connectivity index (χ4n) is 2.17. The van der Waals surface area contributed by atoms with Gasteiger partial charge in [-0.05, 0) is 51.3 Å². The molecule has 0 spiro atoms. The van der Waals surface area contributed by atoms with Crippen LogP contribution >= 0.6 is 0 Å². The third-order valence-corrected chi connectivity index (χ3v) is 3.31. The van der Waals surface area contributed by atoms with Gasteiger partial charge in [0.2, 0.25) is 0 Å². The van der Waals surface area contributed by atoms with Gasteiger partial charge in [-0.15, -0.1) is 0 Å². The lowest BCUT2D eigenvalue weighted by molar-refractivity contribution is 0.597. The predicted molar refractivity (Wildman–Crippen MR) is 76.5 cm³/mol. The van der Waals surface area contributed by atoms with Gasteiger partial charge in [0, 0.05) is 18.6 Å². The van der Waals surface area contributed by atoms with Gasteiger partial charge in [-0.25, -0.2) is 4.39 Å². The van der Waals surface area contributed by atoms with E-state index in [2.05, 4.69) is 18.7 Å². The molecule has 3 heteroatoms. The lowest BCUT2D eigenvalue weighted by atomic mass is 10.0. The van der Waals surface area contributed by atoms with E-state index >= 15 is 0 Å². The number of rotatable bonds is 6. The van der Waals surface area contributed by atoms with Crippen LogP contribution in [0.5, 0.6) is 0 Å². The van der Waals surface area contributed by atoms with E-state index in [1.54, 1.807) is 6.07 Å². The third kappa shape index (κ3) is 3.70. The minimum absolute atomic E-state index is 0.114. The van der Waals surface area contributed by atoms with Gasteiger partial charge in [-0.1, -0.05) is 13.0 Å². The molecular formula is C15H25FN2. The third-order valence-electron chi connectivity index (χ3n) is 3.31. The molecule has 0 saturated heterocycles. The predicted octanol–water partition coefficient (Wildman–Crippen LogP) is 3.34. The molecule has 1 rings (SSSR count). The molecule has 0 radical (unpaired) electrons. The number of nitrogens with zero attached hydrogens (tertiary/aromatic N) is 1. The highest BCUT2D eigenvalue weighted by Crippen LogP contribution is 2.23. The molecule has 0 aromatic heterocycles. The van der Waals surface area contributed by atoms with Crippen molar-refractivity contribution in [3.05, 3.63) is 29.6 Å². The van der Waals surface area contributed by atoms with Crippen LogP contribution < -0.4 is 10.6 Å². The van der Waals surface area contributed by atoms with E-state index < -0.39 is 0 Å². The van der Waals surface area contributed by atoms with Crippen molar-refractivity contribution in [3.8, 4) is 0 Å². The van der Waals surface area contributed by atoms with E-state index in [4.69, 9.17) is 5.73 Å². The van der Waals surface area contributed by atoms with E-state index in [1.165, 1.54) is 0 Å². The summed E-state index contributed by atoms with van der Waals surface area (Å²) in [4.78, 5) is 2.05. The monoisotopic (exact) mass is 252 g/mol.